The first-order chi connectivity index (χ1) is 9.79. The Hall–Kier alpha value is -2.48. The van der Waals surface area contributed by atoms with Crippen LogP contribution >= 0.6 is 0 Å². The number of nitrogens with two attached hydrogens (primary N) is 1. The van der Waals surface area contributed by atoms with Gasteiger partial charge < -0.3 is 15.0 Å². The fourth-order valence-electron chi connectivity index (χ4n) is 2.73. The zero-order valence-corrected chi connectivity index (χ0v) is 12.7. The summed E-state index contributed by atoms with van der Waals surface area (Å²) in [4.78, 5) is 10.9. The minimum absolute atomic E-state index is 0.162. The first-order valence-electron chi connectivity index (χ1n) is 6.83. The summed E-state index contributed by atoms with van der Waals surface area (Å²) in [7, 11) is 0. The Morgan fingerprint density at radius 3 is 2.57 bits per heavy atom. The van der Waals surface area contributed by atoms with Crippen LogP contribution in [0, 0.1) is 11.3 Å². The van der Waals surface area contributed by atoms with Crippen LogP contribution < -0.4 is 10.5 Å². The van der Waals surface area contributed by atoms with Gasteiger partial charge in [-0.15, -0.1) is 0 Å². The van der Waals surface area contributed by atoms with Crippen LogP contribution in [0.4, 0.5) is 4.79 Å². The molecule has 5 heteroatoms. The zero-order chi connectivity index (χ0) is 15.8. The van der Waals surface area contributed by atoms with Gasteiger partial charge in [0, 0.05) is 29.1 Å². The summed E-state index contributed by atoms with van der Waals surface area (Å²) in [5.41, 5.74) is 7.42. The van der Waals surface area contributed by atoms with Crippen molar-refractivity contribution >= 4 is 17.0 Å². The number of primary amides is 1. The quantitative estimate of drug-likeness (QED) is 0.919. The van der Waals surface area contributed by atoms with Gasteiger partial charge in [-0.25, -0.2) is 4.79 Å². The number of carbonyl (C=O) groups is 1. The molecule has 0 saturated carbocycles. The molecule has 2 aromatic rings. The molecule has 2 N–H and O–H groups in total. The number of carbonyl (C=O) groups excluding carboxylic acids is 1. The topological polar surface area (TPSA) is 81.0 Å². The van der Waals surface area contributed by atoms with Crippen molar-refractivity contribution in [2.45, 2.75) is 39.7 Å². The summed E-state index contributed by atoms with van der Waals surface area (Å²) in [6.07, 6.45) is -0.847. The van der Waals surface area contributed by atoms with E-state index in [1.54, 1.807) is 18.2 Å². The fourth-order valence-corrected chi connectivity index (χ4v) is 2.73. The number of fused-ring (bicyclic) bond motifs is 1. The summed E-state index contributed by atoms with van der Waals surface area (Å²) in [5, 5.41) is 10.4. The highest BCUT2D eigenvalue weighted by Crippen LogP contribution is 2.35. The molecule has 5 nitrogen and oxygen atoms in total. The van der Waals surface area contributed by atoms with Gasteiger partial charge in [0.25, 0.3) is 0 Å². The van der Waals surface area contributed by atoms with E-state index in [4.69, 9.17) is 10.5 Å². The number of aryl methyl sites for hydroxylation is 1. The molecule has 110 valence electrons. The average molecular weight is 285 g/mol. The van der Waals surface area contributed by atoms with Crippen LogP contribution in [-0.2, 0) is 12.0 Å². The van der Waals surface area contributed by atoms with Gasteiger partial charge in [0.15, 0.2) is 0 Å². The Morgan fingerprint density at radius 1 is 1.43 bits per heavy atom. The Bertz CT molecular complexity index is 745. The highest BCUT2D eigenvalue weighted by atomic mass is 16.5. The number of rotatable bonds is 2. The van der Waals surface area contributed by atoms with Crippen LogP contribution in [0.1, 0.15) is 39.0 Å². The van der Waals surface area contributed by atoms with Gasteiger partial charge in [0.1, 0.15) is 11.8 Å². The summed E-state index contributed by atoms with van der Waals surface area (Å²) in [5.74, 6) is 0.382. The van der Waals surface area contributed by atoms with Crippen molar-refractivity contribution in [3.8, 4) is 11.8 Å². The zero-order valence-electron chi connectivity index (χ0n) is 12.7. The van der Waals surface area contributed by atoms with Gasteiger partial charge in [-0.3, -0.25) is 0 Å². The summed E-state index contributed by atoms with van der Waals surface area (Å²) in [6, 6.07) is 7.51. The van der Waals surface area contributed by atoms with E-state index in [2.05, 4.69) is 31.4 Å². The number of nitriles is 1. The van der Waals surface area contributed by atoms with Gasteiger partial charge in [-0.05, 0) is 19.1 Å². The molecule has 0 bridgehead atoms. The maximum absolute atomic E-state index is 10.9. The second-order valence-electron chi connectivity index (χ2n) is 5.93. The molecule has 0 fully saturated rings. The third-order valence-electron chi connectivity index (χ3n) is 3.39. The molecule has 1 amide bonds. The molecule has 21 heavy (non-hydrogen) atoms. The van der Waals surface area contributed by atoms with Crippen LogP contribution in [0.2, 0.25) is 0 Å². The van der Waals surface area contributed by atoms with E-state index in [9.17, 15) is 10.1 Å². The lowest BCUT2D eigenvalue weighted by Crippen LogP contribution is -2.18. The molecule has 0 radical (unpaired) electrons. The lowest BCUT2D eigenvalue weighted by molar-refractivity contribution is 0.211. The number of nitrogens with zero attached hydrogens (tertiary/aromatic N) is 2. The molecular formula is C16H19N3O2. The van der Waals surface area contributed by atoms with Crippen molar-refractivity contribution in [1.29, 1.82) is 5.26 Å². The first kappa shape index (κ1) is 14.9. The third kappa shape index (κ3) is 2.57. The number of amides is 1. The van der Waals surface area contributed by atoms with Gasteiger partial charge in [-0.1, -0.05) is 20.8 Å². The Morgan fingerprint density at radius 2 is 2.10 bits per heavy atom. The highest BCUT2D eigenvalue weighted by molar-refractivity contribution is 5.90. The van der Waals surface area contributed by atoms with Gasteiger partial charge >= 0.3 is 6.09 Å². The van der Waals surface area contributed by atoms with E-state index in [-0.39, 0.29) is 5.41 Å². The maximum atomic E-state index is 10.9. The second-order valence-corrected chi connectivity index (χ2v) is 5.93. The molecule has 0 aliphatic heterocycles. The lowest BCUT2D eigenvalue weighted by atomic mass is 9.89. The van der Waals surface area contributed by atoms with Gasteiger partial charge in [0.2, 0.25) is 0 Å². The summed E-state index contributed by atoms with van der Waals surface area (Å²) in [6.45, 7) is 8.99. The van der Waals surface area contributed by atoms with Crippen molar-refractivity contribution < 1.29 is 9.53 Å². The smallest absolute Gasteiger partial charge is 0.409 e. The molecule has 0 aliphatic carbocycles. The molecule has 1 heterocycles. The highest BCUT2D eigenvalue weighted by Gasteiger charge is 2.26. The SMILES string of the molecule is CCn1c(C(C)(C)C)c(C#N)c2ccc(OC(N)=O)cc21. The first-order valence-corrected chi connectivity index (χ1v) is 6.83. The average Bonchev–Trinajstić information content (AvgIpc) is 2.70. The molecule has 1 aromatic heterocycles. The minimum Gasteiger partial charge on any atom is -0.410 e. The van der Waals surface area contributed by atoms with Crippen molar-refractivity contribution in [2.24, 2.45) is 5.73 Å². The molecule has 0 saturated heterocycles. The van der Waals surface area contributed by atoms with Crippen molar-refractivity contribution in [1.82, 2.24) is 4.57 Å². The standard InChI is InChI=1S/C16H19N3O2/c1-5-19-13-8-10(21-15(18)20)6-7-11(13)12(9-17)14(19)16(2,3)4/h6-8H,5H2,1-4H3,(H2,18,20). The molecule has 0 atom stereocenters. The number of benzene rings is 1. The van der Waals surface area contributed by atoms with E-state index in [1.807, 2.05) is 6.92 Å². The van der Waals surface area contributed by atoms with Crippen molar-refractivity contribution in [3.63, 3.8) is 0 Å². The van der Waals surface area contributed by atoms with Crippen LogP contribution in [0.15, 0.2) is 18.2 Å². The summed E-state index contributed by atoms with van der Waals surface area (Å²) < 4.78 is 7.02. The van der Waals surface area contributed by atoms with Gasteiger partial charge in [0.05, 0.1) is 11.1 Å². The van der Waals surface area contributed by atoms with Crippen LogP contribution in [0.5, 0.6) is 5.75 Å². The monoisotopic (exact) mass is 285 g/mol. The molecule has 0 spiro atoms. The molecule has 0 unspecified atom stereocenters. The maximum Gasteiger partial charge on any atom is 0.409 e. The normalized spacial score (nSPS) is 11.4. The van der Waals surface area contributed by atoms with E-state index in [1.165, 1.54) is 0 Å². The number of hydrogen-bond donors (Lipinski definition) is 1. The van der Waals surface area contributed by atoms with Crippen molar-refractivity contribution in [3.05, 3.63) is 29.5 Å². The predicted molar refractivity (Wildman–Crippen MR) is 81.2 cm³/mol. The Labute approximate surface area is 123 Å². The second kappa shape index (κ2) is 5.13. The van der Waals surface area contributed by atoms with E-state index < -0.39 is 6.09 Å². The third-order valence-corrected chi connectivity index (χ3v) is 3.39. The van der Waals surface area contributed by atoms with E-state index in [0.29, 0.717) is 11.3 Å². The van der Waals surface area contributed by atoms with Crippen LogP contribution in [-0.4, -0.2) is 10.7 Å². The molecule has 2 rings (SSSR count). The Balaban J connectivity index is 2.81. The number of hydrogen-bond acceptors (Lipinski definition) is 3. The summed E-state index contributed by atoms with van der Waals surface area (Å²) >= 11 is 0. The van der Waals surface area contributed by atoms with Crippen molar-refractivity contribution in [2.75, 3.05) is 0 Å². The fraction of sp³-hybridized carbons (Fsp3) is 0.375. The van der Waals surface area contributed by atoms with E-state index >= 15 is 0 Å². The molecular weight excluding hydrogens is 266 g/mol. The number of ether oxygens (including phenoxy) is 1. The minimum atomic E-state index is -0.847. The van der Waals surface area contributed by atoms with Gasteiger partial charge in [-0.2, -0.15) is 5.26 Å². The Kier molecular flexibility index (Phi) is 3.65. The predicted octanol–water partition coefficient (Wildman–Crippen LogP) is 3.29. The lowest BCUT2D eigenvalue weighted by Gasteiger charge is -2.22. The molecule has 0 aliphatic rings. The molecule has 1 aromatic carbocycles. The van der Waals surface area contributed by atoms with Crippen LogP contribution in [0.25, 0.3) is 10.9 Å². The largest absolute Gasteiger partial charge is 0.410 e. The number of aromatic nitrogens is 1. The van der Waals surface area contributed by atoms with E-state index in [0.717, 1.165) is 23.1 Å². The van der Waals surface area contributed by atoms with Crippen LogP contribution in [0.3, 0.4) is 0 Å².